The minimum absolute atomic E-state index is 0.168. The van der Waals surface area contributed by atoms with Crippen LogP contribution in [0.3, 0.4) is 0 Å². The van der Waals surface area contributed by atoms with Crippen molar-refractivity contribution in [3.63, 3.8) is 0 Å². The van der Waals surface area contributed by atoms with Crippen LogP contribution in [0.1, 0.15) is 11.1 Å². The van der Waals surface area contributed by atoms with Crippen LogP contribution in [0.25, 0.3) is 16.7 Å². The van der Waals surface area contributed by atoms with Crippen LogP contribution in [0.5, 0.6) is 0 Å². The summed E-state index contributed by atoms with van der Waals surface area (Å²) in [6.07, 6.45) is 2.80. The van der Waals surface area contributed by atoms with Crippen LogP contribution in [-0.2, 0) is 17.9 Å². The van der Waals surface area contributed by atoms with Crippen LogP contribution >= 0.6 is 0 Å². The Kier molecular flexibility index (Phi) is 4.90. The van der Waals surface area contributed by atoms with Gasteiger partial charge < -0.3 is 5.32 Å². The minimum Gasteiger partial charge on any atom is -0.350 e. The van der Waals surface area contributed by atoms with E-state index in [9.17, 15) is 14.0 Å². The summed E-state index contributed by atoms with van der Waals surface area (Å²) in [5.74, 6) is -0.680. The Hall–Kier alpha value is -3.81. The van der Waals surface area contributed by atoms with E-state index in [0.29, 0.717) is 11.0 Å². The predicted molar refractivity (Wildman–Crippen MR) is 106 cm³/mol. The number of aryl methyl sites for hydroxylation is 1. The fourth-order valence-corrected chi connectivity index (χ4v) is 2.95. The first-order valence-corrected chi connectivity index (χ1v) is 9.02. The zero-order valence-corrected chi connectivity index (χ0v) is 15.7. The largest absolute Gasteiger partial charge is 0.350 e. The molecule has 2 heterocycles. The van der Waals surface area contributed by atoms with Gasteiger partial charge in [0.2, 0.25) is 5.91 Å². The number of aromatic nitrogens is 4. The molecule has 0 unspecified atom stereocenters. The van der Waals surface area contributed by atoms with E-state index >= 15 is 0 Å². The third-order valence-electron chi connectivity index (χ3n) is 4.55. The predicted octanol–water partition coefficient (Wildman–Crippen LogP) is 2.35. The standard InChI is InChI=1S/C21H18FN5O2/c1-14-2-8-17(9-3-14)27-20-18(11-25-27)21(29)26(13-24-20)12-19(28)23-10-15-4-6-16(22)7-5-15/h2-9,11,13H,10,12H2,1H3,(H,23,28). The summed E-state index contributed by atoms with van der Waals surface area (Å²) >= 11 is 0. The summed E-state index contributed by atoms with van der Waals surface area (Å²) in [4.78, 5) is 29.3. The number of nitrogens with one attached hydrogen (secondary N) is 1. The van der Waals surface area contributed by atoms with Gasteiger partial charge in [-0.3, -0.25) is 14.2 Å². The molecule has 4 rings (SSSR count). The molecule has 0 aliphatic heterocycles. The highest BCUT2D eigenvalue weighted by Gasteiger charge is 2.13. The van der Waals surface area contributed by atoms with Gasteiger partial charge in [0.1, 0.15) is 24.1 Å². The molecule has 1 N–H and O–H groups in total. The van der Waals surface area contributed by atoms with Gasteiger partial charge in [0.05, 0.1) is 11.9 Å². The van der Waals surface area contributed by atoms with Gasteiger partial charge in [-0.25, -0.2) is 14.1 Å². The van der Waals surface area contributed by atoms with Crippen molar-refractivity contribution >= 4 is 16.9 Å². The molecule has 0 aliphatic carbocycles. The van der Waals surface area contributed by atoms with Crippen molar-refractivity contribution in [2.24, 2.45) is 0 Å². The Bertz CT molecular complexity index is 1230. The molecule has 29 heavy (non-hydrogen) atoms. The number of benzene rings is 2. The third-order valence-corrected chi connectivity index (χ3v) is 4.55. The Morgan fingerprint density at radius 1 is 1.10 bits per heavy atom. The Balaban J connectivity index is 1.52. The van der Waals surface area contributed by atoms with Crippen molar-refractivity contribution in [3.05, 3.63) is 88.4 Å². The summed E-state index contributed by atoms with van der Waals surface area (Å²) in [6.45, 7) is 2.07. The number of fused-ring (bicyclic) bond motifs is 1. The quantitative estimate of drug-likeness (QED) is 0.566. The number of hydrogen-bond acceptors (Lipinski definition) is 4. The summed E-state index contributed by atoms with van der Waals surface area (Å²) in [5.41, 5.74) is 2.77. The first-order chi connectivity index (χ1) is 14.0. The van der Waals surface area contributed by atoms with E-state index < -0.39 is 0 Å². The molecule has 0 saturated heterocycles. The van der Waals surface area contributed by atoms with Gasteiger partial charge in [0.15, 0.2) is 5.65 Å². The van der Waals surface area contributed by atoms with Gasteiger partial charge in [-0.2, -0.15) is 5.10 Å². The first kappa shape index (κ1) is 18.5. The SMILES string of the molecule is Cc1ccc(-n2ncc3c(=O)n(CC(=O)NCc4ccc(F)cc4)cnc32)cc1. The molecular weight excluding hydrogens is 373 g/mol. The average molecular weight is 391 g/mol. The van der Waals surface area contributed by atoms with Crippen LogP contribution in [0.15, 0.2) is 65.8 Å². The maximum atomic E-state index is 12.9. The van der Waals surface area contributed by atoms with E-state index in [1.807, 2.05) is 31.2 Å². The second kappa shape index (κ2) is 7.67. The van der Waals surface area contributed by atoms with E-state index in [2.05, 4.69) is 15.4 Å². The van der Waals surface area contributed by atoms with Gasteiger partial charge >= 0.3 is 0 Å². The highest BCUT2D eigenvalue weighted by atomic mass is 19.1. The fraction of sp³-hybridized carbons (Fsp3) is 0.143. The molecule has 0 spiro atoms. The minimum atomic E-state index is -0.344. The monoisotopic (exact) mass is 391 g/mol. The van der Waals surface area contributed by atoms with E-state index in [1.54, 1.807) is 16.8 Å². The summed E-state index contributed by atoms with van der Waals surface area (Å²) in [5, 5.41) is 7.31. The van der Waals surface area contributed by atoms with Crippen LogP contribution in [0.2, 0.25) is 0 Å². The molecule has 0 radical (unpaired) electrons. The zero-order chi connectivity index (χ0) is 20.4. The Morgan fingerprint density at radius 2 is 1.83 bits per heavy atom. The molecule has 1 amide bonds. The van der Waals surface area contributed by atoms with E-state index in [4.69, 9.17) is 0 Å². The first-order valence-electron chi connectivity index (χ1n) is 9.02. The highest BCUT2D eigenvalue weighted by Crippen LogP contribution is 2.14. The van der Waals surface area contributed by atoms with Crippen molar-refractivity contribution in [1.82, 2.24) is 24.6 Å². The number of hydrogen-bond donors (Lipinski definition) is 1. The molecule has 0 atom stereocenters. The lowest BCUT2D eigenvalue weighted by molar-refractivity contribution is -0.121. The number of amides is 1. The molecule has 0 bridgehead atoms. The number of rotatable bonds is 5. The van der Waals surface area contributed by atoms with Crippen LogP contribution < -0.4 is 10.9 Å². The van der Waals surface area contributed by atoms with E-state index in [-0.39, 0.29) is 30.4 Å². The molecule has 2 aromatic heterocycles. The molecule has 0 fully saturated rings. The Labute approximate surface area is 165 Å². The fourth-order valence-electron chi connectivity index (χ4n) is 2.95. The van der Waals surface area contributed by atoms with Gasteiger partial charge in [-0.05, 0) is 36.8 Å². The third kappa shape index (κ3) is 3.91. The number of halogens is 1. The maximum absolute atomic E-state index is 12.9. The van der Waals surface area contributed by atoms with Crippen molar-refractivity contribution < 1.29 is 9.18 Å². The molecule has 0 saturated carbocycles. The summed E-state index contributed by atoms with van der Waals surface area (Å²) < 4.78 is 15.8. The Morgan fingerprint density at radius 3 is 2.55 bits per heavy atom. The average Bonchev–Trinajstić information content (AvgIpc) is 3.15. The topological polar surface area (TPSA) is 81.8 Å². The van der Waals surface area contributed by atoms with Gasteiger partial charge in [-0.15, -0.1) is 0 Å². The molecule has 146 valence electrons. The van der Waals surface area contributed by atoms with Gasteiger partial charge in [-0.1, -0.05) is 29.8 Å². The van der Waals surface area contributed by atoms with Crippen LogP contribution in [-0.4, -0.2) is 25.2 Å². The van der Waals surface area contributed by atoms with E-state index in [1.165, 1.54) is 29.2 Å². The molecule has 8 heteroatoms. The lowest BCUT2D eigenvalue weighted by atomic mass is 10.2. The molecular formula is C21H18FN5O2. The van der Waals surface area contributed by atoms with Crippen LogP contribution in [0, 0.1) is 12.7 Å². The van der Waals surface area contributed by atoms with Crippen molar-refractivity contribution in [3.8, 4) is 5.69 Å². The summed E-state index contributed by atoms with van der Waals surface area (Å²) in [7, 11) is 0. The number of nitrogens with zero attached hydrogens (tertiary/aromatic N) is 4. The maximum Gasteiger partial charge on any atom is 0.264 e. The lowest BCUT2D eigenvalue weighted by Crippen LogP contribution is -2.32. The second-order valence-electron chi connectivity index (χ2n) is 6.71. The normalized spacial score (nSPS) is 11.0. The van der Waals surface area contributed by atoms with Crippen molar-refractivity contribution in [2.75, 3.05) is 0 Å². The van der Waals surface area contributed by atoms with E-state index in [0.717, 1.165) is 16.8 Å². The van der Waals surface area contributed by atoms with Gasteiger partial charge in [0, 0.05) is 6.54 Å². The molecule has 4 aromatic rings. The van der Waals surface area contributed by atoms with Crippen LogP contribution in [0.4, 0.5) is 4.39 Å². The molecule has 2 aromatic carbocycles. The zero-order valence-electron chi connectivity index (χ0n) is 15.7. The second-order valence-corrected chi connectivity index (χ2v) is 6.71. The highest BCUT2D eigenvalue weighted by molar-refractivity contribution is 5.77. The summed E-state index contributed by atoms with van der Waals surface area (Å²) in [6, 6.07) is 13.6. The van der Waals surface area contributed by atoms with Crippen molar-refractivity contribution in [2.45, 2.75) is 20.0 Å². The number of carbonyl (C=O) groups is 1. The molecule has 7 nitrogen and oxygen atoms in total. The van der Waals surface area contributed by atoms with Gasteiger partial charge in [0.25, 0.3) is 5.56 Å². The lowest BCUT2D eigenvalue weighted by Gasteiger charge is -2.08. The number of carbonyl (C=O) groups excluding carboxylic acids is 1. The van der Waals surface area contributed by atoms with Crippen molar-refractivity contribution in [1.29, 1.82) is 0 Å². The molecule has 0 aliphatic rings. The smallest absolute Gasteiger partial charge is 0.264 e.